The number of methoxy groups -OCH3 is 2. The summed E-state index contributed by atoms with van der Waals surface area (Å²) in [6, 6.07) is 6.71. The fraction of sp³-hybridized carbons (Fsp3) is 0.533. The van der Waals surface area contributed by atoms with Crippen LogP contribution >= 0.6 is 0 Å². The van der Waals surface area contributed by atoms with Crippen molar-refractivity contribution in [3.63, 3.8) is 0 Å². The maximum Gasteiger partial charge on any atom is 0.310 e. The monoisotopic (exact) mass is 569 g/mol. The second-order valence-corrected chi connectivity index (χ2v) is 10.5. The summed E-state index contributed by atoms with van der Waals surface area (Å²) in [5.74, 6) is -0.396. The van der Waals surface area contributed by atoms with E-state index in [1.807, 2.05) is 12.1 Å². The number of esters is 1. The van der Waals surface area contributed by atoms with Gasteiger partial charge in [-0.3, -0.25) is 9.59 Å². The molecule has 1 aliphatic carbocycles. The molecule has 2 heterocycles. The fourth-order valence-corrected chi connectivity index (χ4v) is 6.23. The Kier molecular flexibility index (Phi) is 8.74. The SMILES string of the molecule is CCN(CC)CCCNCC(=O)NC1c2cc3c(cc2C(c2cc(OC)c(O)c(OC)c2)C2C(=O)OCC12)OCO3. The molecule has 1 fully saturated rings. The van der Waals surface area contributed by atoms with Crippen molar-refractivity contribution in [2.45, 2.75) is 32.2 Å². The maximum absolute atomic E-state index is 13.3. The first-order valence-electron chi connectivity index (χ1n) is 14.2. The van der Waals surface area contributed by atoms with Crippen LogP contribution in [0.3, 0.4) is 0 Å². The summed E-state index contributed by atoms with van der Waals surface area (Å²) < 4.78 is 27.8. The normalized spacial score (nSPS) is 22.2. The molecule has 3 aliphatic rings. The molecular weight excluding hydrogens is 530 g/mol. The Morgan fingerprint density at radius 1 is 1.02 bits per heavy atom. The highest BCUT2D eigenvalue weighted by Gasteiger charge is 2.53. The number of nitrogens with zero attached hydrogens (tertiary/aromatic N) is 1. The number of phenols is 1. The molecule has 5 rings (SSSR count). The lowest BCUT2D eigenvalue weighted by atomic mass is 9.65. The van der Waals surface area contributed by atoms with Gasteiger partial charge in [-0.05, 0) is 73.6 Å². The molecule has 0 radical (unpaired) electrons. The van der Waals surface area contributed by atoms with Gasteiger partial charge in [0.15, 0.2) is 23.0 Å². The predicted molar refractivity (Wildman–Crippen MR) is 150 cm³/mol. The molecule has 222 valence electrons. The molecule has 2 aromatic rings. The van der Waals surface area contributed by atoms with Crippen molar-refractivity contribution in [1.82, 2.24) is 15.5 Å². The number of nitrogens with one attached hydrogen (secondary N) is 2. The van der Waals surface area contributed by atoms with Gasteiger partial charge in [-0.25, -0.2) is 0 Å². The van der Waals surface area contributed by atoms with Gasteiger partial charge in [-0.1, -0.05) is 13.8 Å². The third kappa shape index (κ3) is 5.60. The second-order valence-electron chi connectivity index (χ2n) is 10.5. The highest BCUT2D eigenvalue weighted by Crippen LogP contribution is 2.55. The number of benzene rings is 2. The number of aromatic hydroxyl groups is 1. The molecule has 2 aliphatic heterocycles. The summed E-state index contributed by atoms with van der Waals surface area (Å²) in [6.45, 7) is 8.42. The van der Waals surface area contributed by atoms with E-state index < -0.39 is 17.9 Å². The van der Waals surface area contributed by atoms with Gasteiger partial charge in [-0.15, -0.1) is 0 Å². The van der Waals surface area contributed by atoms with Gasteiger partial charge in [0.1, 0.15) is 0 Å². The number of carbonyl (C=O) groups is 2. The van der Waals surface area contributed by atoms with Crippen molar-refractivity contribution in [3.05, 3.63) is 41.0 Å². The molecule has 11 heteroatoms. The van der Waals surface area contributed by atoms with E-state index in [-0.39, 0.29) is 55.0 Å². The minimum atomic E-state index is -0.589. The van der Waals surface area contributed by atoms with Crippen molar-refractivity contribution in [3.8, 4) is 28.7 Å². The molecular formula is C30H39N3O8. The van der Waals surface area contributed by atoms with Crippen molar-refractivity contribution in [1.29, 1.82) is 0 Å². The highest BCUT2D eigenvalue weighted by atomic mass is 16.7. The molecule has 4 atom stereocenters. The fourth-order valence-electron chi connectivity index (χ4n) is 6.23. The average Bonchev–Trinajstić information content (AvgIpc) is 3.60. The number of amides is 1. The molecule has 2 aromatic carbocycles. The van der Waals surface area contributed by atoms with E-state index in [0.717, 1.165) is 43.7 Å². The molecule has 0 spiro atoms. The lowest BCUT2D eigenvalue weighted by Crippen LogP contribution is -2.45. The smallest absolute Gasteiger partial charge is 0.310 e. The first kappa shape index (κ1) is 28.8. The largest absolute Gasteiger partial charge is 0.502 e. The summed E-state index contributed by atoms with van der Waals surface area (Å²) in [6.07, 6.45) is 0.943. The van der Waals surface area contributed by atoms with Crippen molar-refractivity contribution in [2.75, 3.05) is 60.3 Å². The summed E-state index contributed by atoms with van der Waals surface area (Å²) in [5, 5.41) is 17.0. The van der Waals surface area contributed by atoms with Crippen LogP contribution in [0, 0.1) is 11.8 Å². The molecule has 1 saturated heterocycles. The zero-order valence-corrected chi connectivity index (χ0v) is 24.0. The summed E-state index contributed by atoms with van der Waals surface area (Å²) in [7, 11) is 2.92. The van der Waals surface area contributed by atoms with E-state index in [0.29, 0.717) is 17.1 Å². The third-order valence-corrected chi connectivity index (χ3v) is 8.37. The number of ether oxygens (including phenoxy) is 5. The quantitative estimate of drug-likeness (QED) is 0.259. The van der Waals surface area contributed by atoms with Crippen LogP contribution < -0.4 is 29.6 Å². The molecule has 41 heavy (non-hydrogen) atoms. The number of fused-ring (bicyclic) bond motifs is 3. The van der Waals surface area contributed by atoms with Crippen LogP contribution in [0.4, 0.5) is 0 Å². The van der Waals surface area contributed by atoms with E-state index >= 15 is 0 Å². The lowest BCUT2D eigenvalue weighted by Gasteiger charge is -2.39. The summed E-state index contributed by atoms with van der Waals surface area (Å²) in [4.78, 5) is 28.8. The Bertz CT molecular complexity index is 1260. The number of hydrogen-bond acceptors (Lipinski definition) is 10. The Hall–Kier alpha value is -3.70. The molecule has 11 nitrogen and oxygen atoms in total. The first-order chi connectivity index (χ1) is 19.9. The minimum absolute atomic E-state index is 0.0904. The summed E-state index contributed by atoms with van der Waals surface area (Å²) >= 11 is 0. The Morgan fingerprint density at radius 2 is 1.68 bits per heavy atom. The minimum Gasteiger partial charge on any atom is -0.502 e. The Labute approximate surface area is 240 Å². The average molecular weight is 570 g/mol. The zero-order chi connectivity index (χ0) is 29.1. The van der Waals surface area contributed by atoms with E-state index in [1.54, 1.807) is 12.1 Å². The standard InChI is InChI=1S/C30H39N3O8/c1-5-33(6-2)9-7-8-31-14-25(34)32-28-19-13-22-21(40-16-41-22)12-18(19)26(27-20(28)15-39-30(27)36)17-10-23(37-3)29(35)24(11-17)38-4/h10-13,20,26-28,31,35H,5-9,14-16H2,1-4H3,(H,32,34). The molecule has 0 bridgehead atoms. The molecule has 1 amide bonds. The van der Waals surface area contributed by atoms with Gasteiger partial charge in [0.2, 0.25) is 18.4 Å². The van der Waals surface area contributed by atoms with Gasteiger partial charge in [0.25, 0.3) is 0 Å². The van der Waals surface area contributed by atoms with E-state index in [2.05, 4.69) is 29.4 Å². The van der Waals surface area contributed by atoms with Crippen LogP contribution in [0.2, 0.25) is 0 Å². The van der Waals surface area contributed by atoms with Gasteiger partial charge < -0.3 is 44.3 Å². The van der Waals surface area contributed by atoms with Crippen LogP contribution in [0.1, 0.15) is 48.9 Å². The van der Waals surface area contributed by atoms with Gasteiger partial charge >= 0.3 is 5.97 Å². The van der Waals surface area contributed by atoms with Gasteiger partial charge in [-0.2, -0.15) is 0 Å². The van der Waals surface area contributed by atoms with E-state index in [1.165, 1.54) is 14.2 Å². The third-order valence-electron chi connectivity index (χ3n) is 8.37. The summed E-state index contributed by atoms with van der Waals surface area (Å²) in [5.41, 5.74) is 2.35. The number of carbonyl (C=O) groups excluding carboxylic acids is 2. The topological polar surface area (TPSA) is 128 Å². The van der Waals surface area contributed by atoms with Crippen LogP contribution in [0.15, 0.2) is 24.3 Å². The maximum atomic E-state index is 13.3. The lowest BCUT2D eigenvalue weighted by molar-refractivity contribution is -0.141. The van der Waals surface area contributed by atoms with Crippen molar-refractivity contribution in [2.24, 2.45) is 11.8 Å². The Morgan fingerprint density at radius 3 is 2.32 bits per heavy atom. The van der Waals surface area contributed by atoms with Crippen molar-refractivity contribution < 1.29 is 38.4 Å². The van der Waals surface area contributed by atoms with Crippen LogP contribution in [-0.2, 0) is 14.3 Å². The molecule has 4 unspecified atom stereocenters. The highest BCUT2D eigenvalue weighted by molar-refractivity contribution is 5.81. The number of phenolic OH excluding ortho intramolecular Hbond substituents is 1. The van der Waals surface area contributed by atoms with Crippen LogP contribution in [-0.4, -0.2) is 82.2 Å². The number of rotatable bonds is 12. The first-order valence-corrected chi connectivity index (χ1v) is 14.2. The Balaban J connectivity index is 1.45. The van der Waals surface area contributed by atoms with Crippen LogP contribution in [0.25, 0.3) is 0 Å². The van der Waals surface area contributed by atoms with Crippen LogP contribution in [0.5, 0.6) is 28.7 Å². The molecule has 3 N–H and O–H groups in total. The van der Waals surface area contributed by atoms with Gasteiger partial charge in [0, 0.05) is 11.8 Å². The van der Waals surface area contributed by atoms with Gasteiger partial charge in [0.05, 0.1) is 39.3 Å². The van der Waals surface area contributed by atoms with E-state index in [9.17, 15) is 14.7 Å². The molecule has 0 saturated carbocycles. The second kappa shape index (κ2) is 12.4. The van der Waals surface area contributed by atoms with E-state index in [4.69, 9.17) is 23.7 Å². The molecule has 0 aromatic heterocycles. The zero-order valence-electron chi connectivity index (χ0n) is 24.0. The number of hydrogen-bond donors (Lipinski definition) is 3. The van der Waals surface area contributed by atoms with Crippen molar-refractivity contribution >= 4 is 11.9 Å². The predicted octanol–water partition coefficient (Wildman–Crippen LogP) is 2.55. The number of cyclic esters (lactones) is 1.